The van der Waals surface area contributed by atoms with Gasteiger partial charge in [-0.1, -0.05) is 6.42 Å². The van der Waals surface area contributed by atoms with E-state index in [0.29, 0.717) is 18.4 Å². The molecule has 1 aliphatic carbocycles. The number of nitrogens with two attached hydrogens (primary N) is 1. The molecule has 1 aromatic rings. The average Bonchev–Trinajstić information content (AvgIpc) is 2.21. The van der Waals surface area contributed by atoms with Gasteiger partial charge < -0.3 is 10.8 Å². The van der Waals surface area contributed by atoms with Crippen LogP contribution < -0.4 is 5.73 Å². The van der Waals surface area contributed by atoms with E-state index in [0.717, 1.165) is 18.6 Å². The van der Waals surface area contributed by atoms with Crippen molar-refractivity contribution in [2.75, 3.05) is 6.54 Å². The molecule has 18 heavy (non-hydrogen) atoms. The van der Waals surface area contributed by atoms with Crippen molar-refractivity contribution in [1.29, 1.82) is 0 Å². The second-order valence-electron chi connectivity index (χ2n) is 4.69. The summed E-state index contributed by atoms with van der Waals surface area (Å²) in [5, 5.41) is 9.95. The third-order valence-electron chi connectivity index (χ3n) is 3.66. The van der Waals surface area contributed by atoms with Gasteiger partial charge in [-0.15, -0.1) is 0 Å². The van der Waals surface area contributed by atoms with Crippen molar-refractivity contribution in [3.8, 4) is 5.75 Å². The van der Waals surface area contributed by atoms with E-state index < -0.39 is 17.2 Å². The van der Waals surface area contributed by atoms with Gasteiger partial charge in [0.25, 0.3) is 0 Å². The van der Waals surface area contributed by atoms with E-state index in [1.807, 2.05) is 0 Å². The van der Waals surface area contributed by atoms with Crippen LogP contribution in [0.5, 0.6) is 5.75 Å². The molecule has 0 unspecified atom stereocenters. The van der Waals surface area contributed by atoms with E-state index in [9.17, 15) is 18.3 Å². The molecule has 2 rings (SSSR count). The Hall–Kier alpha value is -0.750. The molecule has 1 aromatic carbocycles. The summed E-state index contributed by atoms with van der Waals surface area (Å²) in [6.45, 7) is 0.244. The summed E-state index contributed by atoms with van der Waals surface area (Å²) in [5.41, 5.74) is 4.71. The lowest BCUT2D eigenvalue weighted by Crippen LogP contribution is -2.41. The van der Waals surface area contributed by atoms with Gasteiger partial charge in [0.05, 0.1) is 10.0 Å². The molecule has 100 valence electrons. The Morgan fingerprint density at radius 2 is 1.94 bits per heavy atom. The summed E-state index contributed by atoms with van der Waals surface area (Å²) in [5.74, 6) is -0.131. The molecule has 1 aliphatic rings. The van der Waals surface area contributed by atoms with Gasteiger partial charge in [0.2, 0.25) is 0 Å². The molecule has 0 amide bonds. The number of rotatable bonds is 2. The monoisotopic (exact) mass is 323 g/mol. The fraction of sp³-hybridized carbons (Fsp3) is 0.500. The van der Waals surface area contributed by atoms with Gasteiger partial charge in [0, 0.05) is 17.5 Å². The summed E-state index contributed by atoms with van der Waals surface area (Å²) in [7, 11) is 0. The molecule has 0 spiro atoms. The number of phenolic OH excluding ortho intramolecular Hbond substituents is 1. The second-order valence-corrected chi connectivity index (χ2v) is 5.54. The Morgan fingerprint density at radius 1 is 1.33 bits per heavy atom. The predicted octanol–water partition coefficient (Wildman–Crippen LogP) is 3.55. The van der Waals surface area contributed by atoms with Gasteiger partial charge in [0.1, 0.15) is 5.75 Å². The van der Waals surface area contributed by atoms with E-state index in [1.165, 1.54) is 0 Å². The van der Waals surface area contributed by atoms with Crippen molar-refractivity contribution in [3.05, 3.63) is 27.7 Å². The summed E-state index contributed by atoms with van der Waals surface area (Å²) in [4.78, 5) is 0. The van der Waals surface area contributed by atoms with Crippen molar-refractivity contribution in [1.82, 2.24) is 0 Å². The lowest BCUT2D eigenvalue weighted by Gasteiger charge is -2.42. The van der Waals surface area contributed by atoms with Crippen LogP contribution in [-0.2, 0) is 11.6 Å². The Morgan fingerprint density at radius 3 is 2.33 bits per heavy atom. The van der Waals surface area contributed by atoms with Crippen LogP contribution in [0.15, 0.2) is 16.6 Å². The fourth-order valence-corrected chi connectivity index (χ4v) is 2.81. The fourth-order valence-electron chi connectivity index (χ4n) is 2.35. The van der Waals surface area contributed by atoms with E-state index in [-0.39, 0.29) is 16.8 Å². The third kappa shape index (κ3) is 2.12. The summed E-state index contributed by atoms with van der Waals surface area (Å²) < 4.78 is 38.3. The van der Waals surface area contributed by atoms with Crippen LogP contribution in [-0.4, -0.2) is 11.7 Å². The minimum Gasteiger partial charge on any atom is -0.506 e. The maximum Gasteiger partial charge on any atom is 0.416 e. The van der Waals surface area contributed by atoms with Crippen molar-refractivity contribution in [2.24, 2.45) is 5.73 Å². The highest BCUT2D eigenvalue weighted by Gasteiger charge is 2.42. The average molecular weight is 324 g/mol. The molecule has 0 aliphatic heterocycles. The van der Waals surface area contributed by atoms with Crippen LogP contribution in [0, 0.1) is 0 Å². The molecule has 1 saturated carbocycles. The Kier molecular flexibility index (Phi) is 3.36. The van der Waals surface area contributed by atoms with Gasteiger partial charge in [-0.05, 0) is 40.9 Å². The molecule has 6 heteroatoms. The number of halogens is 4. The SMILES string of the molecule is NCC1(c2cc(C(F)(F)F)cc(Br)c2O)CCC1. The molecule has 0 heterocycles. The zero-order valence-electron chi connectivity index (χ0n) is 9.52. The van der Waals surface area contributed by atoms with E-state index in [1.54, 1.807) is 0 Å². The highest BCUT2D eigenvalue weighted by atomic mass is 79.9. The normalized spacial score (nSPS) is 18.5. The van der Waals surface area contributed by atoms with Crippen molar-refractivity contribution < 1.29 is 18.3 Å². The maximum absolute atomic E-state index is 12.8. The van der Waals surface area contributed by atoms with Crippen LogP contribution in [0.3, 0.4) is 0 Å². The topological polar surface area (TPSA) is 46.2 Å². The minimum atomic E-state index is -4.43. The molecule has 1 fully saturated rings. The first kappa shape index (κ1) is 13.7. The van der Waals surface area contributed by atoms with Gasteiger partial charge in [-0.2, -0.15) is 13.2 Å². The number of phenols is 1. The molecule has 0 radical (unpaired) electrons. The first-order valence-electron chi connectivity index (χ1n) is 5.60. The smallest absolute Gasteiger partial charge is 0.416 e. The molecule has 3 N–H and O–H groups in total. The minimum absolute atomic E-state index is 0.0621. The molecule has 0 saturated heterocycles. The molecular weight excluding hydrogens is 311 g/mol. The van der Waals surface area contributed by atoms with Crippen LogP contribution in [0.4, 0.5) is 13.2 Å². The van der Waals surface area contributed by atoms with E-state index in [4.69, 9.17) is 5.73 Å². The largest absolute Gasteiger partial charge is 0.506 e. The van der Waals surface area contributed by atoms with Crippen molar-refractivity contribution in [2.45, 2.75) is 30.9 Å². The van der Waals surface area contributed by atoms with Gasteiger partial charge in [-0.3, -0.25) is 0 Å². The number of hydrogen-bond donors (Lipinski definition) is 2. The third-order valence-corrected chi connectivity index (χ3v) is 4.27. The Bertz CT molecular complexity index is 464. The van der Waals surface area contributed by atoms with E-state index in [2.05, 4.69) is 15.9 Å². The van der Waals surface area contributed by atoms with E-state index >= 15 is 0 Å². The van der Waals surface area contributed by atoms with Crippen LogP contribution in [0.25, 0.3) is 0 Å². The first-order valence-corrected chi connectivity index (χ1v) is 6.40. The summed E-state index contributed by atoms with van der Waals surface area (Å²) in [6.07, 6.45) is -2.08. The zero-order valence-corrected chi connectivity index (χ0v) is 11.1. The van der Waals surface area contributed by atoms with Crippen molar-refractivity contribution >= 4 is 15.9 Å². The van der Waals surface area contributed by atoms with Gasteiger partial charge >= 0.3 is 6.18 Å². The highest BCUT2D eigenvalue weighted by molar-refractivity contribution is 9.10. The molecular formula is C12H13BrF3NO. The predicted molar refractivity (Wildman–Crippen MR) is 65.4 cm³/mol. The lowest BCUT2D eigenvalue weighted by atomic mass is 9.64. The standard InChI is InChI=1S/C12H13BrF3NO/c13-9-5-7(12(14,15)16)4-8(10(9)18)11(6-17)2-1-3-11/h4-5,18H,1-3,6,17H2. The number of aromatic hydroxyl groups is 1. The summed E-state index contributed by atoms with van der Waals surface area (Å²) in [6, 6.07) is 1.91. The molecule has 0 atom stereocenters. The Balaban J connectivity index is 2.56. The van der Waals surface area contributed by atoms with Crippen LogP contribution >= 0.6 is 15.9 Å². The number of alkyl halides is 3. The number of benzene rings is 1. The highest BCUT2D eigenvalue weighted by Crippen LogP contribution is 2.49. The van der Waals surface area contributed by atoms with Crippen molar-refractivity contribution in [3.63, 3.8) is 0 Å². The summed E-state index contributed by atoms with van der Waals surface area (Å²) >= 11 is 2.97. The molecule has 2 nitrogen and oxygen atoms in total. The first-order chi connectivity index (χ1) is 8.30. The van der Waals surface area contributed by atoms with Gasteiger partial charge in [-0.25, -0.2) is 0 Å². The second kappa shape index (κ2) is 4.42. The van der Waals surface area contributed by atoms with Crippen LogP contribution in [0.2, 0.25) is 0 Å². The zero-order chi connectivity index (χ0) is 13.6. The van der Waals surface area contributed by atoms with Crippen LogP contribution in [0.1, 0.15) is 30.4 Å². The Labute approximate surface area is 111 Å². The lowest BCUT2D eigenvalue weighted by molar-refractivity contribution is -0.137. The molecule has 0 bridgehead atoms. The molecule has 0 aromatic heterocycles. The van der Waals surface area contributed by atoms with Gasteiger partial charge in [0.15, 0.2) is 0 Å². The number of hydrogen-bond acceptors (Lipinski definition) is 2. The quantitative estimate of drug-likeness (QED) is 0.874. The maximum atomic E-state index is 12.8.